The zero-order chi connectivity index (χ0) is 15.4. The van der Waals surface area contributed by atoms with E-state index < -0.39 is 42.2 Å². The molecule has 0 saturated heterocycles. The van der Waals surface area contributed by atoms with Gasteiger partial charge < -0.3 is 4.74 Å². The molecular weight excluding hydrogens is 299 g/mol. The molecule has 3 atom stereocenters. The topological polar surface area (TPSA) is 116 Å². The van der Waals surface area contributed by atoms with E-state index in [2.05, 4.69) is 8.71 Å². The first-order valence-electron chi connectivity index (χ1n) is 5.25. The molecule has 0 aromatic heterocycles. The first-order chi connectivity index (χ1) is 8.33. The Kier molecular flexibility index (Phi) is 6.50. The number of carbonyl (C=O) groups excluding carboxylic acids is 1. The molecule has 8 nitrogen and oxygen atoms in total. The molecule has 0 aliphatic carbocycles. The highest BCUT2D eigenvalue weighted by molar-refractivity contribution is 7.86. The van der Waals surface area contributed by atoms with Crippen LogP contribution >= 0.6 is 8.25 Å². The monoisotopic (exact) mass is 317 g/mol. The summed E-state index contributed by atoms with van der Waals surface area (Å²) in [6.45, 7) is 6.09. The van der Waals surface area contributed by atoms with Crippen molar-refractivity contribution in [3.63, 3.8) is 0 Å². The molecule has 0 fully saturated rings. The van der Waals surface area contributed by atoms with Gasteiger partial charge in [0.05, 0.1) is 11.7 Å². The van der Waals surface area contributed by atoms with E-state index in [1.807, 2.05) is 0 Å². The summed E-state index contributed by atoms with van der Waals surface area (Å²) in [7, 11) is -7.05. The highest BCUT2D eigenvalue weighted by Gasteiger charge is 2.36. The van der Waals surface area contributed by atoms with E-state index in [0.29, 0.717) is 0 Å². The van der Waals surface area contributed by atoms with Gasteiger partial charge in [0.1, 0.15) is 0 Å². The molecule has 1 N–H and O–H groups in total. The van der Waals surface area contributed by atoms with Crippen molar-refractivity contribution in [1.29, 1.82) is 0 Å². The lowest BCUT2D eigenvalue weighted by Crippen LogP contribution is -2.36. The van der Waals surface area contributed by atoms with Crippen molar-refractivity contribution in [2.75, 3.05) is 6.26 Å². The SMILES string of the molecule is C[C@H](OC(=O)C(C)(C)C)[C@@H](O[P+](=O)O)OS(C)(=O)=O. The molecule has 0 aliphatic heterocycles. The predicted molar refractivity (Wildman–Crippen MR) is 65.6 cm³/mol. The third-order valence-electron chi connectivity index (χ3n) is 1.75. The first kappa shape index (κ1) is 18.4. The van der Waals surface area contributed by atoms with Gasteiger partial charge >= 0.3 is 14.2 Å². The molecular formula is C9H18O8PS+. The van der Waals surface area contributed by atoms with E-state index in [0.717, 1.165) is 6.26 Å². The highest BCUT2D eigenvalue weighted by Crippen LogP contribution is 2.25. The van der Waals surface area contributed by atoms with E-state index in [1.165, 1.54) is 6.92 Å². The molecule has 0 aromatic carbocycles. The number of ether oxygens (including phenoxy) is 1. The van der Waals surface area contributed by atoms with Gasteiger partial charge in [-0.2, -0.15) is 8.42 Å². The second-order valence-electron chi connectivity index (χ2n) is 4.87. The van der Waals surface area contributed by atoms with Crippen LogP contribution in [0, 0.1) is 5.41 Å². The number of carbonyl (C=O) groups is 1. The molecule has 0 bridgehead atoms. The van der Waals surface area contributed by atoms with Crippen molar-refractivity contribution in [3.05, 3.63) is 0 Å². The zero-order valence-electron chi connectivity index (χ0n) is 11.3. The fourth-order valence-electron chi connectivity index (χ4n) is 0.844. The minimum absolute atomic E-state index is 0.626. The second kappa shape index (κ2) is 6.71. The Morgan fingerprint density at radius 1 is 1.32 bits per heavy atom. The van der Waals surface area contributed by atoms with Gasteiger partial charge in [-0.25, -0.2) is 4.18 Å². The van der Waals surface area contributed by atoms with Crippen molar-refractivity contribution in [1.82, 2.24) is 0 Å². The molecule has 1 unspecified atom stereocenters. The minimum atomic E-state index is -3.94. The van der Waals surface area contributed by atoms with Crippen molar-refractivity contribution >= 4 is 24.3 Å². The van der Waals surface area contributed by atoms with Crippen LogP contribution < -0.4 is 0 Å². The minimum Gasteiger partial charge on any atom is -0.457 e. The van der Waals surface area contributed by atoms with Gasteiger partial charge in [-0.05, 0) is 27.7 Å². The Bertz CT molecular complexity index is 438. The summed E-state index contributed by atoms with van der Waals surface area (Å²) in [6.07, 6.45) is -2.12. The van der Waals surface area contributed by atoms with E-state index in [9.17, 15) is 17.8 Å². The van der Waals surface area contributed by atoms with Crippen molar-refractivity contribution in [2.24, 2.45) is 5.41 Å². The van der Waals surface area contributed by atoms with Crippen LogP contribution in [0.5, 0.6) is 0 Å². The summed E-state index contributed by atoms with van der Waals surface area (Å²) in [5, 5.41) is 0. The maximum absolute atomic E-state index is 11.6. The highest BCUT2D eigenvalue weighted by atomic mass is 32.2. The summed E-state index contributed by atoms with van der Waals surface area (Å²) >= 11 is 0. The van der Waals surface area contributed by atoms with Crippen molar-refractivity contribution in [3.8, 4) is 0 Å². The lowest BCUT2D eigenvalue weighted by Gasteiger charge is -2.23. The summed E-state index contributed by atoms with van der Waals surface area (Å²) in [5.74, 6) is -0.626. The third-order valence-corrected chi connectivity index (χ3v) is 2.68. The van der Waals surface area contributed by atoms with Crippen LogP contribution in [0.25, 0.3) is 0 Å². The van der Waals surface area contributed by atoms with Crippen LogP contribution in [0.2, 0.25) is 0 Å². The van der Waals surface area contributed by atoms with E-state index in [4.69, 9.17) is 9.63 Å². The second-order valence-corrected chi connectivity index (χ2v) is 7.16. The molecule has 0 aliphatic rings. The maximum atomic E-state index is 11.6. The van der Waals surface area contributed by atoms with E-state index in [-0.39, 0.29) is 0 Å². The van der Waals surface area contributed by atoms with Gasteiger partial charge in [-0.1, -0.05) is 4.52 Å². The lowest BCUT2D eigenvalue weighted by molar-refractivity contribution is -0.172. The fraction of sp³-hybridized carbons (Fsp3) is 0.889. The molecule has 0 heterocycles. The molecule has 112 valence electrons. The Hall–Kier alpha value is -0.600. The Balaban J connectivity index is 4.86. The van der Waals surface area contributed by atoms with Crippen LogP contribution in [0.1, 0.15) is 27.7 Å². The van der Waals surface area contributed by atoms with Crippen molar-refractivity contribution < 1.29 is 36.1 Å². The van der Waals surface area contributed by atoms with Crippen LogP contribution in [0.4, 0.5) is 0 Å². The molecule has 19 heavy (non-hydrogen) atoms. The first-order valence-corrected chi connectivity index (χ1v) is 8.20. The summed E-state index contributed by atoms with van der Waals surface area (Å²) < 4.78 is 46.3. The lowest BCUT2D eigenvalue weighted by atomic mass is 9.97. The van der Waals surface area contributed by atoms with E-state index >= 15 is 0 Å². The normalized spacial score (nSPS) is 16.6. The largest absolute Gasteiger partial charge is 0.697 e. The smallest absolute Gasteiger partial charge is 0.457 e. The third kappa shape index (κ3) is 8.22. The number of rotatable bonds is 6. The average molecular weight is 317 g/mol. The Morgan fingerprint density at radius 3 is 2.11 bits per heavy atom. The van der Waals surface area contributed by atoms with Gasteiger partial charge in [-0.3, -0.25) is 4.79 Å². The Morgan fingerprint density at radius 2 is 1.79 bits per heavy atom. The molecule has 10 heteroatoms. The summed E-state index contributed by atoms with van der Waals surface area (Å²) in [6, 6.07) is 0. The number of hydrogen-bond acceptors (Lipinski definition) is 7. The van der Waals surface area contributed by atoms with Crippen LogP contribution in [-0.2, 0) is 32.9 Å². The fourth-order valence-corrected chi connectivity index (χ4v) is 1.83. The molecule has 0 amide bonds. The summed E-state index contributed by atoms with van der Waals surface area (Å²) in [4.78, 5) is 20.2. The van der Waals surface area contributed by atoms with Crippen molar-refractivity contribution in [2.45, 2.75) is 40.1 Å². The van der Waals surface area contributed by atoms with Gasteiger partial charge in [0.25, 0.3) is 16.4 Å². The van der Waals surface area contributed by atoms with Crippen LogP contribution in [0.15, 0.2) is 0 Å². The predicted octanol–water partition coefficient (Wildman–Crippen LogP) is 0.933. The molecule has 0 saturated carbocycles. The van der Waals surface area contributed by atoms with E-state index in [1.54, 1.807) is 20.8 Å². The average Bonchev–Trinajstić information content (AvgIpc) is 2.11. The van der Waals surface area contributed by atoms with Gasteiger partial charge in [0, 0.05) is 4.57 Å². The van der Waals surface area contributed by atoms with Gasteiger partial charge in [-0.15, -0.1) is 4.89 Å². The molecule has 0 aromatic rings. The number of hydrogen-bond donors (Lipinski definition) is 1. The maximum Gasteiger partial charge on any atom is 0.697 e. The quantitative estimate of drug-likeness (QED) is 0.333. The van der Waals surface area contributed by atoms with Crippen LogP contribution in [-0.4, -0.2) is 37.9 Å². The molecule has 0 rings (SSSR count). The van der Waals surface area contributed by atoms with Gasteiger partial charge in [0.2, 0.25) is 0 Å². The zero-order valence-corrected chi connectivity index (χ0v) is 13.0. The van der Waals surface area contributed by atoms with Gasteiger partial charge in [0.15, 0.2) is 6.10 Å². The Labute approximate surface area is 113 Å². The standard InChI is InChI=1S/C9H17O8PS/c1-6(15-8(10)9(2,3)4)7(16-18(11)12)17-19(5,13)14/h6-7H,1-5H3/p+1/t6-,7-/m0/s1. The number of esters is 1. The van der Waals surface area contributed by atoms with Crippen LogP contribution in [0.3, 0.4) is 0 Å². The summed E-state index contributed by atoms with van der Waals surface area (Å²) in [5.41, 5.74) is -0.814. The molecule has 0 spiro atoms. The molecule has 0 radical (unpaired) electrons.